The van der Waals surface area contributed by atoms with Gasteiger partial charge in [0.05, 0.1) is 5.69 Å². The summed E-state index contributed by atoms with van der Waals surface area (Å²) < 4.78 is 1.50. The average Bonchev–Trinajstić information content (AvgIpc) is 2.56. The summed E-state index contributed by atoms with van der Waals surface area (Å²) in [6.45, 7) is 0. The van der Waals surface area contributed by atoms with E-state index in [-0.39, 0.29) is 11.1 Å². The summed E-state index contributed by atoms with van der Waals surface area (Å²) in [5.74, 6) is 4.53. The number of aromatic nitrogens is 1. The van der Waals surface area contributed by atoms with Crippen LogP contribution in [0.1, 0.15) is 34.3 Å². The summed E-state index contributed by atoms with van der Waals surface area (Å²) in [4.78, 5) is 23.9. The molecule has 0 atom stereocenters. The number of carbonyl (C=O) groups excluding carboxylic acids is 1. The van der Waals surface area contributed by atoms with Crippen molar-refractivity contribution in [2.75, 3.05) is 0 Å². The number of hydrogen-bond donors (Lipinski definition) is 2. The van der Waals surface area contributed by atoms with E-state index < -0.39 is 5.91 Å². The first-order chi connectivity index (χ1) is 10.6. The zero-order chi connectivity index (χ0) is 15.7. The van der Waals surface area contributed by atoms with E-state index >= 15 is 0 Å². The van der Waals surface area contributed by atoms with Crippen molar-refractivity contribution in [3.8, 4) is 11.3 Å². The molecular formula is C17H19N3O2. The number of nitrogens with two attached hydrogens (primary N) is 1. The first-order valence-electron chi connectivity index (χ1n) is 7.45. The lowest BCUT2D eigenvalue weighted by molar-refractivity contribution is 0.0951. The van der Waals surface area contributed by atoms with Crippen LogP contribution in [-0.2, 0) is 19.9 Å². The van der Waals surface area contributed by atoms with Gasteiger partial charge in [-0.2, -0.15) is 0 Å². The van der Waals surface area contributed by atoms with Gasteiger partial charge in [0, 0.05) is 7.05 Å². The van der Waals surface area contributed by atoms with Gasteiger partial charge in [-0.05, 0) is 60.6 Å². The summed E-state index contributed by atoms with van der Waals surface area (Å²) in [6.07, 6.45) is 4.67. The number of nitrogen functional groups attached to an aromatic ring is 1. The predicted octanol–water partition coefficient (Wildman–Crippen LogP) is 1.53. The SMILES string of the molecule is Cn1c(-c2ccc3c(c2)CCCC3)ccc(C(=O)NN)c1=O. The molecule has 1 amide bonds. The van der Waals surface area contributed by atoms with Crippen LogP contribution in [0.4, 0.5) is 0 Å². The number of nitrogens with zero attached hydrogens (tertiary/aromatic N) is 1. The third-order valence-electron chi connectivity index (χ3n) is 4.32. The predicted molar refractivity (Wildman–Crippen MR) is 85.4 cm³/mol. The molecule has 0 saturated heterocycles. The van der Waals surface area contributed by atoms with Gasteiger partial charge in [0.25, 0.3) is 11.5 Å². The number of hydrogen-bond acceptors (Lipinski definition) is 3. The molecule has 0 unspecified atom stereocenters. The molecule has 22 heavy (non-hydrogen) atoms. The van der Waals surface area contributed by atoms with Crippen LogP contribution in [0.2, 0.25) is 0 Å². The summed E-state index contributed by atoms with van der Waals surface area (Å²) in [5.41, 5.74) is 6.26. The van der Waals surface area contributed by atoms with Crippen molar-refractivity contribution in [1.82, 2.24) is 9.99 Å². The number of nitrogens with one attached hydrogen (secondary N) is 1. The third kappa shape index (κ3) is 2.44. The molecule has 3 rings (SSSR count). The van der Waals surface area contributed by atoms with Gasteiger partial charge in [0.15, 0.2) is 0 Å². The van der Waals surface area contributed by atoms with E-state index in [1.165, 1.54) is 34.6 Å². The van der Waals surface area contributed by atoms with E-state index in [1.807, 2.05) is 11.5 Å². The maximum atomic E-state index is 12.3. The van der Waals surface area contributed by atoms with Crippen LogP contribution in [0.5, 0.6) is 0 Å². The van der Waals surface area contributed by atoms with Crippen molar-refractivity contribution >= 4 is 5.91 Å². The summed E-state index contributed by atoms with van der Waals surface area (Å²) >= 11 is 0. The largest absolute Gasteiger partial charge is 0.311 e. The summed E-state index contributed by atoms with van der Waals surface area (Å²) in [5, 5.41) is 0. The van der Waals surface area contributed by atoms with Crippen molar-refractivity contribution in [2.45, 2.75) is 25.7 Å². The van der Waals surface area contributed by atoms with Gasteiger partial charge in [-0.25, -0.2) is 5.84 Å². The van der Waals surface area contributed by atoms with E-state index in [2.05, 4.69) is 12.1 Å². The van der Waals surface area contributed by atoms with Crippen molar-refractivity contribution < 1.29 is 4.79 Å². The Bertz CT molecular complexity index is 793. The minimum absolute atomic E-state index is 0.0479. The molecule has 5 heteroatoms. The van der Waals surface area contributed by atoms with Crippen molar-refractivity contribution in [3.05, 3.63) is 57.4 Å². The first-order valence-corrected chi connectivity index (χ1v) is 7.45. The molecule has 1 aromatic carbocycles. The highest BCUT2D eigenvalue weighted by molar-refractivity contribution is 5.93. The lowest BCUT2D eigenvalue weighted by Crippen LogP contribution is -2.36. The fraction of sp³-hybridized carbons (Fsp3) is 0.294. The summed E-state index contributed by atoms with van der Waals surface area (Å²) in [6, 6.07) is 9.66. The Morgan fingerprint density at radius 1 is 1.14 bits per heavy atom. The molecule has 0 radical (unpaired) electrons. The second-order valence-electron chi connectivity index (χ2n) is 5.66. The topological polar surface area (TPSA) is 77.1 Å². The summed E-state index contributed by atoms with van der Waals surface area (Å²) in [7, 11) is 1.67. The molecule has 3 N–H and O–H groups in total. The van der Waals surface area contributed by atoms with Crippen molar-refractivity contribution in [1.29, 1.82) is 0 Å². The zero-order valence-electron chi connectivity index (χ0n) is 12.6. The van der Waals surface area contributed by atoms with Crippen LogP contribution >= 0.6 is 0 Å². The highest BCUT2D eigenvalue weighted by Crippen LogP contribution is 2.26. The number of aryl methyl sites for hydroxylation is 2. The van der Waals surface area contributed by atoms with Crippen LogP contribution in [0.3, 0.4) is 0 Å². The Morgan fingerprint density at radius 2 is 1.86 bits per heavy atom. The number of amides is 1. The van der Waals surface area contributed by atoms with Crippen LogP contribution in [0, 0.1) is 0 Å². The highest BCUT2D eigenvalue weighted by Gasteiger charge is 2.15. The van der Waals surface area contributed by atoms with Gasteiger partial charge in [-0.15, -0.1) is 0 Å². The fourth-order valence-electron chi connectivity index (χ4n) is 3.07. The molecule has 0 bridgehead atoms. The van der Waals surface area contributed by atoms with E-state index in [4.69, 9.17) is 5.84 Å². The van der Waals surface area contributed by atoms with Gasteiger partial charge in [-0.1, -0.05) is 12.1 Å². The molecule has 1 heterocycles. The minimum atomic E-state index is -0.572. The smallest absolute Gasteiger partial charge is 0.270 e. The molecule has 0 saturated carbocycles. The van der Waals surface area contributed by atoms with Gasteiger partial charge < -0.3 is 4.57 Å². The highest BCUT2D eigenvalue weighted by atomic mass is 16.2. The van der Waals surface area contributed by atoms with E-state index in [9.17, 15) is 9.59 Å². The van der Waals surface area contributed by atoms with Crippen molar-refractivity contribution in [3.63, 3.8) is 0 Å². The van der Waals surface area contributed by atoms with E-state index in [0.717, 1.165) is 24.1 Å². The lowest BCUT2D eigenvalue weighted by atomic mass is 9.90. The van der Waals surface area contributed by atoms with Gasteiger partial charge >= 0.3 is 0 Å². The molecule has 0 spiro atoms. The molecule has 1 aliphatic rings. The number of hydrazine groups is 1. The monoisotopic (exact) mass is 297 g/mol. The average molecular weight is 297 g/mol. The van der Waals surface area contributed by atoms with E-state index in [1.54, 1.807) is 13.1 Å². The standard InChI is InChI=1S/C17H19N3O2/c1-20-15(9-8-14(17(20)22)16(21)19-18)13-7-6-11-4-2-3-5-12(11)10-13/h6-10H,2-5,18H2,1H3,(H,19,21). The molecular weight excluding hydrogens is 278 g/mol. The van der Waals surface area contributed by atoms with Crippen molar-refractivity contribution in [2.24, 2.45) is 12.9 Å². The number of fused-ring (bicyclic) bond motifs is 1. The van der Waals surface area contributed by atoms with Crippen LogP contribution in [0.25, 0.3) is 11.3 Å². The Kier molecular flexibility index (Phi) is 3.81. The maximum absolute atomic E-state index is 12.3. The molecule has 0 fully saturated rings. The number of benzene rings is 1. The molecule has 1 aliphatic carbocycles. The van der Waals surface area contributed by atoms with Gasteiger partial charge in [0.2, 0.25) is 0 Å². The lowest BCUT2D eigenvalue weighted by Gasteiger charge is -2.17. The minimum Gasteiger partial charge on any atom is -0.311 e. The molecule has 2 aromatic rings. The molecule has 5 nitrogen and oxygen atoms in total. The van der Waals surface area contributed by atoms with Gasteiger partial charge in [-0.3, -0.25) is 15.0 Å². The first kappa shape index (κ1) is 14.5. The van der Waals surface area contributed by atoms with Crippen LogP contribution in [0.15, 0.2) is 35.1 Å². The Morgan fingerprint density at radius 3 is 2.59 bits per heavy atom. The fourth-order valence-corrected chi connectivity index (χ4v) is 3.07. The number of rotatable bonds is 2. The van der Waals surface area contributed by atoms with Crippen LogP contribution in [-0.4, -0.2) is 10.5 Å². The van der Waals surface area contributed by atoms with Crippen LogP contribution < -0.4 is 16.8 Å². The molecule has 1 aromatic heterocycles. The quantitative estimate of drug-likeness (QED) is 0.501. The normalized spacial score (nSPS) is 13.5. The number of pyridine rings is 1. The zero-order valence-corrected chi connectivity index (χ0v) is 12.6. The Balaban J connectivity index is 2.07. The third-order valence-corrected chi connectivity index (χ3v) is 4.32. The second kappa shape index (κ2) is 5.77. The molecule has 114 valence electrons. The number of carbonyl (C=O) groups is 1. The second-order valence-corrected chi connectivity index (χ2v) is 5.66. The van der Waals surface area contributed by atoms with E-state index in [0.29, 0.717) is 0 Å². The van der Waals surface area contributed by atoms with Gasteiger partial charge in [0.1, 0.15) is 5.56 Å². The maximum Gasteiger partial charge on any atom is 0.270 e. The Hall–Kier alpha value is -2.40. The molecule has 0 aliphatic heterocycles. The Labute approximate surface area is 128 Å².